The molecule has 0 unspecified atom stereocenters. The van der Waals surface area contributed by atoms with Crippen LogP contribution < -0.4 is 0 Å². The SMILES string of the molecule is COC(=O)C1(c2nc3ccc(Br)cn3n2)CCC1. The summed E-state index contributed by atoms with van der Waals surface area (Å²) in [4.78, 5) is 16.4. The van der Waals surface area contributed by atoms with E-state index in [1.54, 1.807) is 4.52 Å². The van der Waals surface area contributed by atoms with E-state index in [2.05, 4.69) is 26.0 Å². The van der Waals surface area contributed by atoms with Crippen molar-refractivity contribution in [2.75, 3.05) is 7.11 Å². The maximum absolute atomic E-state index is 11.9. The average molecular weight is 310 g/mol. The molecule has 3 rings (SSSR count). The largest absolute Gasteiger partial charge is 0.468 e. The van der Waals surface area contributed by atoms with Crippen LogP contribution in [0.15, 0.2) is 22.8 Å². The Morgan fingerprint density at radius 3 is 2.89 bits per heavy atom. The number of ether oxygens (including phenoxy) is 1. The summed E-state index contributed by atoms with van der Waals surface area (Å²) in [5, 5.41) is 4.41. The van der Waals surface area contributed by atoms with E-state index in [1.807, 2.05) is 18.3 Å². The van der Waals surface area contributed by atoms with Crippen molar-refractivity contribution in [2.24, 2.45) is 0 Å². The highest BCUT2D eigenvalue weighted by molar-refractivity contribution is 9.10. The second kappa shape index (κ2) is 4.05. The van der Waals surface area contributed by atoms with Crippen LogP contribution in [0, 0.1) is 0 Å². The average Bonchev–Trinajstić information content (AvgIpc) is 2.70. The predicted molar refractivity (Wildman–Crippen MR) is 68.2 cm³/mol. The molecule has 94 valence electrons. The summed E-state index contributed by atoms with van der Waals surface area (Å²) in [6.45, 7) is 0. The van der Waals surface area contributed by atoms with Gasteiger partial charge in [0.1, 0.15) is 5.41 Å². The van der Waals surface area contributed by atoms with Gasteiger partial charge >= 0.3 is 5.97 Å². The lowest BCUT2D eigenvalue weighted by atomic mass is 9.68. The standard InChI is InChI=1S/C12H12BrN3O2/c1-18-11(17)12(5-2-6-12)10-14-9-4-3-8(13)7-16(9)15-10/h3-4,7H,2,5-6H2,1H3. The molecule has 0 aliphatic heterocycles. The maximum atomic E-state index is 11.9. The van der Waals surface area contributed by atoms with E-state index >= 15 is 0 Å². The van der Waals surface area contributed by atoms with Gasteiger partial charge in [0.05, 0.1) is 7.11 Å². The number of nitrogens with zero attached hydrogens (tertiary/aromatic N) is 3. The Labute approximate surface area is 112 Å². The molecule has 1 fully saturated rings. The molecule has 1 aliphatic rings. The molecule has 0 atom stereocenters. The van der Waals surface area contributed by atoms with Gasteiger partial charge in [-0.3, -0.25) is 4.79 Å². The van der Waals surface area contributed by atoms with Crippen LogP contribution in [-0.4, -0.2) is 27.7 Å². The first-order valence-corrected chi connectivity index (χ1v) is 6.56. The summed E-state index contributed by atoms with van der Waals surface area (Å²) in [6.07, 6.45) is 4.36. The molecule has 0 saturated heterocycles. The summed E-state index contributed by atoms with van der Waals surface area (Å²) in [5.74, 6) is 0.336. The Kier molecular flexibility index (Phi) is 2.62. The van der Waals surface area contributed by atoms with Gasteiger partial charge in [-0.25, -0.2) is 9.50 Å². The molecule has 2 aromatic rings. The lowest BCUT2D eigenvalue weighted by molar-refractivity contribution is -0.151. The zero-order valence-electron chi connectivity index (χ0n) is 9.89. The van der Waals surface area contributed by atoms with E-state index in [1.165, 1.54) is 7.11 Å². The Morgan fingerprint density at radius 2 is 2.28 bits per heavy atom. The number of hydrogen-bond acceptors (Lipinski definition) is 4. The van der Waals surface area contributed by atoms with E-state index in [9.17, 15) is 4.79 Å². The normalized spacial score (nSPS) is 17.4. The third-order valence-electron chi connectivity index (χ3n) is 3.51. The summed E-state index contributed by atoms with van der Waals surface area (Å²) < 4.78 is 7.50. The van der Waals surface area contributed by atoms with Crippen LogP contribution in [0.3, 0.4) is 0 Å². The third kappa shape index (κ3) is 1.55. The van der Waals surface area contributed by atoms with Crippen molar-refractivity contribution >= 4 is 27.5 Å². The lowest BCUT2D eigenvalue weighted by Gasteiger charge is -2.35. The molecule has 0 radical (unpaired) electrons. The number of carbonyl (C=O) groups is 1. The number of esters is 1. The maximum Gasteiger partial charge on any atom is 0.319 e. The molecule has 0 bridgehead atoms. The number of methoxy groups -OCH3 is 1. The summed E-state index contributed by atoms with van der Waals surface area (Å²) in [6, 6.07) is 3.77. The van der Waals surface area contributed by atoms with Crippen LogP contribution in [0.5, 0.6) is 0 Å². The van der Waals surface area contributed by atoms with Gasteiger partial charge in [0, 0.05) is 10.7 Å². The summed E-state index contributed by atoms with van der Waals surface area (Å²) in [5.41, 5.74) is 0.108. The minimum absolute atomic E-state index is 0.233. The van der Waals surface area contributed by atoms with Crippen molar-refractivity contribution in [2.45, 2.75) is 24.7 Å². The third-order valence-corrected chi connectivity index (χ3v) is 3.98. The van der Waals surface area contributed by atoms with Gasteiger partial charge in [-0.05, 0) is 40.9 Å². The Morgan fingerprint density at radius 1 is 1.50 bits per heavy atom. The van der Waals surface area contributed by atoms with E-state index < -0.39 is 5.41 Å². The van der Waals surface area contributed by atoms with Crippen LogP contribution in [0.4, 0.5) is 0 Å². The molecular weight excluding hydrogens is 298 g/mol. The minimum atomic E-state index is -0.632. The number of carbonyl (C=O) groups excluding carboxylic acids is 1. The Hall–Kier alpha value is -1.43. The fourth-order valence-electron chi connectivity index (χ4n) is 2.31. The molecule has 1 saturated carbocycles. The molecule has 0 amide bonds. The number of hydrogen-bond donors (Lipinski definition) is 0. The fourth-order valence-corrected chi connectivity index (χ4v) is 2.63. The van der Waals surface area contributed by atoms with Crippen LogP contribution >= 0.6 is 15.9 Å². The minimum Gasteiger partial charge on any atom is -0.468 e. The lowest BCUT2D eigenvalue weighted by Crippen LogP contribution is -2.44. The first kappa shape index (κ1) is 11.6. The van der Waals surface area contributed by atoms with Gasteiger partial charge in [0.25, 0.3) is 0 Å². The highest BCUT2D eigenvalue weighted by Crippen LogP contribution is 2.43. The molecule has 18 heavy (non-hydrogen) atoms. The summed E-state index contributed by atoms with van der Waals surface area (Å²) in [7, 11) is 1.41. The molecule has 5 nitrogen and oxygen atoms in total. The van der Waals surface area contributed by atoms with Crippen LogP contribution in [0.25, 0.3) is 5.65 Å². The molecule has 0 aromatic carbocycles. The van der Waals surface area contributed by atoms with E-state index in [4.69, 9.17) is 4.74 Å². The van der Waals surface area contributed by atoms with E-state index in [0.717, 1.165) is 29.4 Å². The Balaban J connectivity index is 2.10. The van der Waals surface area contributed by atoms with Crippen molar-refractivity contribution in [1.29, 1.82) is 0 Å². The molecule has 0 N–H and O–H groups in total. The number of halogens is 1. The molecule has 6 heteroatoms. The number of pyridine rings is 1. The van der Waals surface area contributed by atoms with Gasteiger partial charge < -0.3 is 4.74 Å². The van der Waals surface area contributed by atoms with Gasteiger partial charge in [0.2, 0.25) is 0 Å². The fraction of sp³-hybridized carbons (Fsp3) is 0.417. The second-order valence-electron chi connectivity index (χ2n) is 4.51. The molecule has 1 aliphatic carbocycles. The van der Waals surface area contributed by atoms with Gasteiger partial charge in [-0.2, -0.15) is 5.10 Å². The smallest absolute Gasteiger partial charge is 0.319 e. The van der Waals surface area contributed by atoms with Crippen LogP contribution in [0.2, 0.25) is 0 Å². The number of fused-ring (bicyclic) bond motifs is 1. The first-order valence-electron chi connectivity index (χ1n) is 5.76. The number of rotatable bonds is 2. The quantitative estimate of drug-likeness (QED) is 0.797. The first-order chi connectivity index (χ1) is 8.65. The highest BCUT2D eigenvalue weighted by atomic mass is 79.9. The summed E-state index contributed by atoms with van der Waals surface area (Å²) >= 11 is 3.39. The topological polar surface area (TPSA) is 56.5 Å². The second-order valence-corrected chi connectivity index (χ2v) is 5.43. The van der Waals surface area contributed by atoms with Crippen LogP contribution in [-0.2, 0) is 14.9 Å². The van der Waals surface area contributed by atoms with Crippen LogP contribution in [0.1, 0.15) is 25.1 Å². The zero-order valence-corrected chi connectivity index (χ0v) is 11.5. The van der Waals surface area contributed by atoms with Crippen molar-refractivity contribution in [3.8, 4) is 0 Å². The van der Waals surface area contributed by atoms with Gasteiger partial charge in [0.15, 0.2) is 11.5 Å². The monoisotopic (exact) mass is 309 g/mol. The van der Waals surface area contributed by atoms with Crippen molar-refractivity contribution in [3.05, 3.63) is 28.6 Å². The molecule has 2 aromatic heterocycles. The van der Waals surface area contributed by atoms with Crippen molar-refractivity contribution < 1.29 is 9.53 Å². The molecular formula is C12H12BrN3O2. The van der Waals surface area contributed by atoms with E-state index in [0.29, 0.717) is 5.82 Å². The predicted octanol–water partition coefficient (Wildman–Crippen LogP) is 2.09. The van der Waals surface area contributed by atoms with E-state index in [-0.39, 0.29) is 5.97 Å². The van der Waals surface area contributed by atoms with Gasteiger partial charge in [-0.15, -0.1) is 0 Å². The zero-order chi connectivity index (χ0) is 12.8. The molecule has 2 heterocycles. The highest BCUT2D eigenvalue weighted by Gasteiger charge is 2.50. The number of aromatic nitrogens is 3. The van der Waals surface area contributed by atoms with Crippen molar-refractivity contribution in [3.63, 3.8) is 0 Å². The van der Waals surface area contributed by atoms with Crippen molar-refractivity contribution in [1.82, 2.24) is 14.6 Å². The Bertz CT molecular complexity index is 619. The molecule has 0 spiro atoms. The van der Waals surface area contributed by atoms with Gasteiger partial charge in [-0.1, -0.05) is 6.42 Å².